The van der Waals surface area contributed by atoms with Crippen molar-refractivity contribution in [2.75, 3.05) is 6.61 Å². The van der Waals surface area contributed by atoms with Crippen LogP contribution in [0.5, 0.6) is 0 Å². The van der Waals surface area contributed by atoms with Gasteiger partial charge < -0.3 is 14.1 Å². The molecule has 4 atom stereocenters. The van der Waals surface area contributed by atoms with Crippen molar-refractivity contribution in [1.29, 1.82) is 0 Å². The zero-order valence-electron chi connectivity index (χ0n) is 23.5. The summed E-state index contributed by atoms with van der Waals surface area (Å²) >= 11 is 0. The van der Waals surface area contributed by atoms with E-state index >= 15 is 0 Å². The van der Waals surface area contributed by atoms with Gasteiger partial charge in [0.2, 0.25) is 5.91 Å². The van der Waals surface area contributed by atoms with E-state index in [1.165, 1.54) is 0 Å². The molecular formula is C30H42N2O4Si. The number of hydrogen-bond donors (Lipinski definition) is 0. The summed E-state index contributed by atoms with van der Waals surface area (Å²) in [6, 6.07) is 19.0. The van der Waals surface area contributed by atoms with Crippen molar-refractivity contribution in [2.45, 2.75) is 90.4 Å². The minimum atomic E-state index is -2.25. The molecule has 7 heteroatoms. The summed E-state index contributed by atoms with van der Waals surface area (Å²) in [7, 11) is -2.25. The van der Waals surface area contributed by atoms with Crippen LogP contribution in [0.4, 0.5) is 4.79 Å². The first-order valence-electron chi connectivity index (χ1n) is 13.2. The Hall–Kier alpha value is -2.64. The fourth-order valence-electron chi connectivity index (χ4n) is 5.01. The molecule has 0 unspecified atom stereocenters. The number of nitrogens with zero attached hydrogens (tertiary/aromatic N) is 2. The molecule has 2 aliphatic heterocycles. The average Bonchev–Trinajstić information content (AvgIpc) is 3.21. The number of β-lactam (4-membered cyclic amide) rings is 1. The number of carbonyl (C=O) groups is 2. The zero-order valence-corrected chi connectivity index (χ0v) is 24.5. The summed E-state index contributed by atoms with van der Waals surface area (Å²) in [6.07, 6.45) is -0.788. The van der Waals surface area contributed by atoms with Crippen LogP contribution in [0.1, 0.15) is 58.8 Å². The lowest BCUT2D eigenvalue weighted by Crippen LogP contribution is -2.74. The molecule has 2 aromatic carbocycles. The number of amides is 2. The maximum absolute atomic E-state index is 13.9. The molecule has 2 aliphatic rings. The van der Waals surface area contributed by atoms with Gasteiger partial charge >= 0.3 is 6.09 Å². The Morgan fingerprint density at radius 2 is 1.51 bits per heavy atom. The number of cyclic esters (lactones) is 1. The van der Waals surface area contributed by atoms with Crippen molar-refractivity contribution in [2.24, 2.45) is 5.41 Å². The smallest absolute Gasteiger partial charge is 0.410 e. The highest BCUT2D eigenvalue weighted by atomic mass is 28.4. The number of benzene rings is 2. The summed E-state index contributed by atoms with van der Waals surface area (Å²) in [5.74, 6) is -0.0540. The van der Waals surface area contributed by atoms with Crippen molar-refractivity contribution in [3.8, 4) is 0 Å². The molecule has 0 aromatic heterocycles. The van der Waals surface area contributed by atoms with Crippen LogP contribution in [-0.2, 0) is 20.5 Å². The van der Waals surface area contributed by atoms with E-state index in [0.717, 1.165) is 11.1 Å². The fraction of sp³-hybridized carbons (Fsp3) is 0.533. The van der Waals surface area contributed by atoms with Gasteiger partial charge in [-0.2, -0.15) is 0 Å². The van der Waals surface area contributed by atoms with Crippen molar-refractivity contribution in [3.05, 3.63) is 71.8 Å². The molecule has 0 spiro atoms. The van der Waals surface area contributed by atoms with Gasteiger partial charge in [-0.05, 0) is 34.7 Å². The molecule has 0 aliphatic carbocycles. The molecule has 0 saturated carbocycles. The second-order valence-electron chi connectivity index (χ2n) is 13.0. The Morgan fingerprint density at radius 1 is 0.946 bits per heavy atom. The molecule has 200 valence electrons. The highest BCUT2D eigenvalue weighted by molar-refractivity contribution is 6.74. The van der Waals surface area contributed by atoms with E-state index in [1.807, 2.05) is 53.4 Å². The molecular weight excluding hydrogens is 480 g/mol. The SMILES string of the molecule is CC(C)(C)[C@H]1COC(=O)N1[C@H]1C(=O)N(Cc2ccccc2)[C@H]1[C@H](O[Si](C)(C)C(C)(C)C)c1ccccc1. The zero-order chi connectivity index (χ0) is 27.2. The molecule has 0 N–H and O–H groups in total. The van der Waals surface area contributed by atoms with Gasteiger partial charge in [-0.1, -0.05) is 102 Å². The van der Waals surface area contributed by atoms with Crippen LogP contribution >= 0.6 is 0 Å². The van der Waals surface area contributed by atoms with Crippen LogP contribution in [-0.4, -0.2) is 54.9 Å². The van der Waals surface area contributed by atoms with Gasteiger partial charge in [-0.3, -0.25) is 9.69 Å². The van der Waals surface area contributed by atoms with Gasteiger partial charge in [0.15, 0.2) is 8.32 Å². The predicted molar refractivity (Wildman–Crippen MR) is 148 cm³/mol. The summed E-state index contributed by atoms with van der Waals surface area (Å²) in [4.78, 5) is 30.6. The fourth-order valence-corrected chi connectivity index (χ4v) is 6.27. The van der Waals surface area contributed by atoms with Gasteiger partial charge in [0.25, 0.3) is 0 Å². The number of likely N-dealkylation sites (tertiary alicyclic amines) is 1. The van der Waals surface area contributed by atoms with Crippen molar-refractivity contribution in [1.82, 2.24) is 9.80 Å². The lowest BCUT2D eigenvalue weighted by Gasteiger charge is -2.56. The number of ether oxygens (including phenoxy) is 1. The van der Waals surface area contributed by atoms with E-state index in [2.05, 4.69) is 66.8 Å². The van der Waals surface area contributed by atoms with E-state index < -0.39 is 20.5 Å². The molecule has 6 nitrogen and oxygen atoms in total. The number of rotatable bonds is 7. The van der Waals surface area contributed by atoms with E-state index in [0.29, 0.717) is 6.54 Å². The molecule has 2 fully saturated rings. The first kappa shape index (κ1) is 27.4. The topological polar surface area (TPSA) is 59.1 Å². The minimum absolute atomic E-state index is 0.0198. The van der Waals surface area contributed by atoms with Crippen LogP contribution in [0.3, 0.4) is 0 Å². The lowest BCUT2D eigenvalue weighted by molar-refractivity contribution is -0.168. The Morgan fingerprint density at radius 3 is 2.05 bits per heavy atom. The van der Waals surface area contributed by atoms with Crippen molar-refractivity contribution >= 4 is 20.3 Å². The van der Waals surface area contributed by atoms with E-state index in [4.69, 9.17) is 9.16 Å². The normalized spacial score (nSPS) is 23.6. The molecule has 2 heterocycles. The summed E-state index contributed by atoms with van der Waals surface area (Å²) < 4.78 is 12.7. The summed E-state index contributed by atoms with van der Waals surface area (Å²) in [5, 5.41) is -0.0198. The third-order valence-corrected chi connectivity index (χ3v) is 12.7. The maximum atomic E-state index is 13.9. The van der Waals surface area contributed by atoms with Crippen LogP contribution in [0.15, 0.2) is 60.7 Å². The summed E-state index contributed by atoms with van der Waals surface area (Å²) in [6.45, 7) is 18.2. The van der Waals surface area contributed by atoms with Crippen molar-refractivity contribution < 1.29 is 18.8 Å². The molecule has 2 aromatic rings. The molecule has 2 amide bonds. The number of carbonyl (C=O) groups excluding carboxylic acids is 2. The first-order chi connectivity index (χ1) is 17.2. The minimum Gasteiger partial charge on any atom is -0.447 e. The quantitative estimate of drug-likeness (QED) is 0.312. The van der Waals surface area contributed by atoms with E-state index in [9.17, 15) is 9.59 Å². The van der Waals surface area contributed by atoms with Crippen molar-refractivity contribution in [3.63, 3.8) is 0 Å². The maximum Gasteiger partial charge on any atom is 0.410 e. The summed E-state index contributed by atoms with van der Waals surface area (Å²) in [5.41, 5.74) is 1.84. The Bertz CT molecular complexity index is 1110. The highest BCUT2D eigenvalue weighted by Crippen LogP contribution is 2.46. The molecule has 37 heavy (non-hydrogen) atoms. The van der Waals surface area contributed by atoms with Gasteiger partial charge in [-0.15, -0.1) is 0 Å². The van der Waals surface area contributed by atoms with Crippen LogP contribution < -0.4 is 0 Å². The van der Waals surface area contributed by atoms with Crippen LogP contribution in [0, 0.1) is 5.41 Å². The van der Waals surface area contributed by atoms with Gasteiger partial charge in [0.1, 0.15) is 12.6 Å². The van der Waals surface area contributed by atoms with E-state index in [-0.39, 0.29) is 41.2 Å². The van der Waals surface area contributed by atoms with Gasteiger partial charge in [0, 0.05) is 6.54 Å². The Kier molecular flexibility index (Phi) is 7.34. The third kappa shape index (κ3) is 5.34. The van der Waals surface area contributed by atoms with E-state index in [1.54, 1.807) is 4.90 Å². The highest BCUT2D eigenvalue weighted by Gasteiger charge is 2.61. The second-order valence-corrected chi connectivity index (χ2v) is 17.7. The molecule has 0 radical (unpaired) electrons. The van der Waals surface area contributed by atoms with Crippen LogP contribution in [0.2, 0.25) is 18.1 Å². The standard InChI is InChI=1S/C30H42N2O4Si/c1-29(2,3)23-20-35-28(34)32(23)25-24(31(27(25)33)19-21-15-11-9-12-16-21)26(22-17-13-10-14-18-22)36-37(7,8)30(4,5)6/h9-18,23-26H,19-20H2,1-8H3/t23-,24-,25-,26-/m1/s1. The first-order valence-corrected chi connectivity index (χ1v) is 16.2. The van der Waals surface area contributed by atoms with Gasteiger partial charge in [-0.25, -0.2) is 4.79 Å². The van der Waals surface area contributed by atoms with Gasteiger partial charge in [0.05, 0.1) is 18.2 Å². The largest absolute Gasteiger partial charge is 0.447 e. The monoisotopic (exact) mass is 522 g/mol. The lowest BCUT2D eigenvalue weighted by atomic mass is 9.81. The predicted octanol–water partition coefficient (Wildman–Crippen LogP) is 6.40. The average molecular weight is 523 g/mol. The molecule has 0 bridgehead atoms. The molecule has 2 saturated heterocycles. The Balaban J connectivity index is 1.81. The number of hydrogen-bond acceptors (Lipinski definition) is 4. The molecule has 4 rings (SSSR count). The van der Waals surface area contributed by atoms with Crippen LogP contribution in [0.25, 0.3) is 0 Å². The second kappa shape index (κ2) is 9.91. The third-order valence-electron chi connectivity index (χ3n) is 8.29. The Labute approximate surface area is 223 Å².